The summed E-state index contributed by atoms with van der Waals surface area (Å²) in [6, 6.07) is 1.96. The van der Waals surface area contributed by atoms with Gasteiger partial charge in [0.1, 0.15) is 6.54 Å². The minimum absolute atomic E-state index is 0.126. The Morgan fingerprint density at radius 2 is 2.31 bits per heavy atom. The van der Waals surface area contributed by atoms with Crippen LogP contribution in [0.25, 0.3) is 0 Å². The average Bonchev–Trinajstić information content (AvgIpc) is 2.73. The summed E-state index contributed by atoms with van der Waals surface area (Å²) in [6.07, 6.45) is 3.62. The highest BCUT2D eigenvalue weighted by atomic mass is 127. The van der Waals surface area contributed by atoms with Gasteiger partial charge >= 0.3 is 0 Å². The maximum Gasteiger partial charge on any atom is 0.185 e. The molecule has 16 heavy (non-hydrogen) atoms. The molecule has 0 aromatic carbocycles. The third kappa shape index (κ3) is 2.52. The summed E-state index contributed by atoms with van der Waals surface area (Å²) in [6.45, 7) is 4.32. The van der Waals surface area contributed by atoms with Gasteiger partial charge in [0.2, 0.25) is 0 Å². The van der Waals surface area contributed by atoms with Crippen LogP contribution in [0.4, 0.5) is 0 Å². The topological polar surface area (TPSA) is 34.9 Å². The largest absolute Gasteiger partial charge is 0.292 e. The first-order valence-corrected chi connectivity index (χ1v) is 6.74. The molecule has 0 saturated heterocycles. The molecule has 0 aliphatic carbocycles. The van der Waals surface area contributed by atoms with Gasteiger partial charge in [-0.3, -0.25) is 9.48 Å². The van der Waals surface area contributed by atoms with Gasteiger partial charge in [-0.2, -0.15) is 5.10 Å². The molecule has 0 aliphatic rings. The molecule has 0 spiro atoms. The van der Waals surface area contributed by atoms with Gasteiger partial charge in [-0.25, -0.2) is 0 Å². The number of rotatable bonds is 3. The Hall–Kier alpha value is -0.690. The molecular weight excluding hydrogens is 335 g/mol. The van der Waals surface area contributed by atoms with E-state index in [-0.39, 0.29) is 5.78 Å². The molecule has 0 fully saturated rings. The van der Waals surface area contributed by atoms with Crippen LogP contribution in [-0.2, 0) is 6.54 Å². The van der Waals surface area contributed by atoms with Gasteiger partial charge < -0.3 is 0 Å². The summed E-state index contributed by atoms with van der Waals surface area (Å²) >= 11 is 3.84. The van der Waals surface area contributed by atoms with Gasteiger partial charge in [-0.15, -0.1) is 11.3 Å². The summed E-state index contributed by atoms with van der Waals surface area (Å²) in [4.78, 5) is 14.3. The lowest BCUT2D eigenvalue weighted by Gasteiger charge is -2.00. The molecule has 0 aliphatic heterocycles. The van der Waals surface area contributed by atoms with Crippen LogP contribution in [0.1, 0.15) is 20.1 Å². The first-order valence-electron chi connectivity index (χ1n) is 4.84. The third-order valence-corrected chi connectivity index (χ3v) is 3.77. The van der Waals surface area contributed by atoms with Crippen LogP contribution in [0.15, 0.2) is 18.5 Å². The predicted molar refractivity (Wildman–Crippen MR) is 73.1 cm³/mol. The van der Waals surface area contributed by atoms with Crippen LogP contribution in [0, 0.1) is 17.4 Å². The number of hydrogen-bond donors (Lipinski definition) is 0. The smallest absolute Gasteiger partial charge is 0.185 e. The minimum Gasteiger partial charge on any atom is -0.292 e. The average molecular weight is 346 g/mol. The normalized spacial score (nSPS) is 10.7. The zero-order chi connectivity index (χ0) is 11.7. The highest BCUT2D eigenvalue weighted by Gasteiger charge is 2.12. The monoisotopic (exact) mass is 346 g/mol. The van der Waals surface area contributed by atoms with Gasteiger partial charge in [0.25, 0.3) is 0 Å². The van der Waals surface area contributed by atoms with E-state index in [1.54, 1.807) is 22.2 Å². The Morgan fingerprint density at radius 1 is 1.56 bits per heavy atom. The fourth-order valence-electron chi connectivity index (χ4n) is 1.56. The summed E-state index contributed by atoms with van der Waals surface area (Å²) in [5.41, 5.74) is 0.827. The van der Waals surface area contributed by atoms with Crippen molar-refractivity contribution in [2.45, 2.75) is 20.4 Å². The first kappa shape index (κ1) is 11.8. The van der Waals surface area contributed by atoms with E-state index < -0.39 is 0 Å². The van der Waals surface area contributed by atoms with E-state index in [0.717, 1.165) is 14.0 Å². The van der Waals surface area contributed by atoms with Gasteiger partial charge in [-0.05, 0) is 42.5 Å². The van der Waals surface area contributed by atoms with Gasteiger partial charge in [0.05, 0.1) is 9.77 Å². The number of ketones is 1. The number of halogens is 1. The summed E-state index contributed by atoms with van der Waals surface area (Å²) in [7, 11) is 0. The summed E-state index contributed by atoms with van der Waals surface area (Å²) in [5.74, 6) is 0.126. The van der Waals surface area contributed by atoms with Crippen molar-refractivity contribution in [3.05, 3.63) is 37.3 Å². The number of Topliss-reactive ketones (excluding diaryl/α,β-unsaturated/α-hetero) is 1. The molecule has 5 heteroatoms. The number of aryl methyl sites for hydroxylation is 2. The molecular formula is C11H11IN2OS. The van der Waals surface area contributed by atoms with Crippen LogP contribution >= 0.6 is 33.9 Å². The lowest BCUT2D eigenvalue weighted by atomic mass is 10.1. The van der Waals surface area contributed by atoms with Crippen molar-refractivity contribution in [1.29, 1.82) is 0 Å². The lowest BCUT2D eigenvalue weighted by Crippen LogP contribution is -2.10. The number of carbonyl (C=O) groups is 1. The molecule has 0 bridgehead atoms. The van der Waals surface area contributed by atoms with E-state index in [1.165, 1.54) is 4.88 Å². The van der Waals surface area contributed by atoms with Crippen LogP contribution in [0.5, 0.6) is 0 Å². The van der Waals surface area contributed by atoms with Crippen molar-refractivity contribution < 1.29 is 4.79 Å². The molecule has 0 unspecified atom stereocenters. The van der Waals surface area contributed by atoms with E-state index in [4.69, 9.17) is 0 Å². The standard InChI is InChI=1S/C11H11IN2OS/c1-7-3-10(8(2)16-7)11(15)6-14-5-9(12)4-13-14/h3-5H,6H2,1-2H3. The van der Waals surface area contributed by atoms with Crippen molar-refractivity contribution in [1.82, 2.24) is 9.78 Å². The zero-order valence-electron chi connectivity index (χ0n) is 9.03. The van der Waals surface area contributed by atoms with Crippen LogP contribution in [-0.4, -0.2) is 15.6 Å². The van der Waals surface area contributed by atoms with E-state index in [2.05, 4.69) is 27.7 Å². The SMILES string of the molecule is Cc1cc(C(=O)Cn2cc(I)cn2)c(C)s1. The fraction of sp³-hybridized carbons (Fsp3) is 0.273. The molecule has 3 nitrogen and oxygen atoms in total. The Morgan fingerprint density at radius 3 is 2.81 bits per heavy atom. The molecule has 2 rings (SSSR count). The predicted octanol–water partition coefficient (Wildman–Crippen LogP) is 3.05. The summed E-state index contributed by atoms with van der Waals surface area (Å²) in [5, 5.41) is 4.11. The molecule has 0 amide bonds. The second-order valence-corrected chi connectivity index (χ2v) is 6.31. The highest BCUT2D eigenvalue weighted by molar-refractivity contribution is 14.1. The molecule has 84 valence electrons. The van der Waals surface area contributed by atoms with Gasteiger partial charge in [0.15, 0.2) is 5.78 Å². The molecule has 2 heterocycles. The molecule has 2 aromatic rings. The molecule has 0 atom stereocenters. The Labute approximate surface area is 112 Å². The molecule has 0 N–H and O–H groups in total. The number of aromatic nitrogens is 2. The second-order valence-electron chi connectivity index (χ2n) is 3.61. The lowest BCUT2D eigenvalue weighted by molar-refractivity contribution is 0.0967. The summed E-state index contributed by atoms with van der Waals surface area (Å²) < 4.78 is 2.72. The number of carbonyl (C=O) groups excluding carboxylic acids is 1. The van der Waals surface area contributed by atoms with Crippen LogP contribution < -0.4 is 0 Å². The first-order chi connectivity index (χ1) is 7.56. The van der Waals surface area contributed by atoms with Crippen molar-refractivity contribution in [3.63, 3.8) is 0 Å². The van der Waals surface area contributed by atoms with E-state index in [9.17, 15) is 4.79 Å². The van der Waals surface area contributed by atoms with Crippen molar-refractivity contribution >= 4 is 39.7 Å². The van der Waals surface area contributed by atoms with Gasteiger partial charge in [0, 0.05) is 21.5 Å². The number of nitrogens with zero attached hydrogens (tertiary/aromatic N) is 2. The highest BCUT2D eigenvalue weighted by Crippen LogP contribution is 2.21. The maximum atomic E-state index is 12.0. The van der Waals surface area contributed by atoms with Crippen molar-refractivity contribution in [2.75, 3.05) is 0 Å². The van der Waals surface area contributed by atoms with Crippen molar-refractivity contribution in [2.24, 2.45) is 0 Å². The van der Waals surface area contributed by atoms with Gasteiger partial charge in [-0.1, -0.05) is 0 Å². The quantitative estimate of drug-likeness (QED) is 0.633. The van der Waals surface area contributed by atoms with Crippen LogP contribution in [0.2, 0.25) is 0 Å². The number of hydrogen-bond acceptors (Lipinski definition) is 3. The number of thiophene rings is 1. The minimum atomic E-state index is 0.126. The Balaban J connectivity index is 2.17. The second kappa shape index (κ2) is 4.67. The molecule has 0 saturated carbocycles. The van der Waals surface area contributed by atoms with E-state index in [1.807, 2.05) is 26.1 Å². The van der Waals surface area contributed by atoms with Crippen molar-refractivity contribution in [3.8, 4) is 0 Å². The Bertz CT molecular complexity index is 530. The fourth-order valence-corrected chi connectivity index (χ4v) is 2.95. The molecule has 2 aromatic heterocycles. The molecule has 0 radical (unpaired) electrons. The Kier molecular flexibility index (Phi) is 3.44. The maximum absolute atomic E-state index is 12.0. The third-order valence-electron chi connectivity index (χ3n) is 2.25. The van der Waals surface area contributed by atoms with Crippen LogP contribution in [0.3, 0.4) is 0 Å². The zero-order valence-corrected chi connectivity index (χ0v) is 12.0. The van der Waals surface area contributed by atoms with E-state index >= 15 is 0 Å². The van der Waals surface area contributed by atoms with E-state index in [0.29, 0.717) is 6.54 Å².